The van der Waals surface area contributed by atoms with E-state index in [9.17, 15) is 5.11 Å². The van der Waals surface area contributed by atoms with Crippen LogP contribution in [0.15, 0.2) is 41.1 Å². The number of nitrogens with one attached hydrogen (secondary N) is 1. The van der Waals surface area contributed by atoms with Crippen LogP contribution in [0.4, 0.5) is 11.6 Å². The first-order chi connectivity index (χ1) is 11.2. The molecule has 0 bridgehead atoms. The molecule has 0 saturated heterocycles. The Hall–Kier alpha value is -3.35. The normalized spacial score (nSPS) is 11.2. The zero-order valence-corrected chi connectivity index (χ0v) is 12.2. The second-order valence-corrected chi connectivity index (χ2v) is 5.07. The third-order valence-corrected chi connectivity index (χ3v) is 3.66. The first-order valence-corrected chi connectivity index (χ1v) is 6.98. The van der Waals surface area contributed by atoms with Gasteiger partial charge in [0, 0.05) is 30.2 Å². The number of pyridine rings is 2. The van der Waals surface area contributed by atoms with E-state index < -0.39 is 0 Å². The topological polar surface area (TPSA) is 110 Å². The minimum Gasteiger partial charge on any atom is -0.506 e. The van der Waals surface area contributed by atoms with Crippen molar-refractivity contribution in [2.45, 2.75) is 0 Å². The summed E-state index contributed by atoms with van der Waals surface area (Å²) in [6.07, 6.45) is 3.32. The zero-order valence-electron chi connectivity index (χ0n) is 12.2. The quantitative estimate of drug-likeness (QED) is 0.522. The molecule has 0 atom stereocenters. The van der Waals surface area contributed by atoms with Crippen LogP contribution in [0.3, 0.4) is 0 Å². The number of phenolic OH excluding ortho intramolecular Hbond substituents is 1. The lowest BCUT2D eigenvalue weighted by Gasteiger charge is -2.08. The summed E-state index contributed by atoms with van der Waals surface area (Å²) in [6.45, 7) is 0. The first-order valence-electron chi connectivity index (χ1n) is 6.98. The molecule has 1 aromatic carbocycles. The van der Waals surface area contributed by atoms with Crippen LogP contribution in [0, 0.1) is 0 Å². The number of nitrogens with zero attached hydrogens (tertiary/aromatic N) is 3. The van der Waals surface area contributed by atoms with Crippen molar-refractivity contribution in [2.24, 2.45) is 0 Å². The average Bonchev–Trinajstić information content (AvgIpc) is 2.99. The molecule has 0 aliphatic rings. The fourth-order valence-electron chi connectivity index (χ4n) is 2.57. The van der Waals surface area contributed by atoms with Crippen molar-refractivity contribution in [3.8, 4) is 17.2 Å². The van der Waals surface area contributed by atoms with Crippen molar-refractivity contribution in [3.05, 3.63) is 36.7 Å². The van der Waals surface area contributed by atoms with Gasteiger partial charge in [-0.05, 0) is 18.2 Å². The Labute approximate surface area is 130 Å². The number of hydrogen-bond acceptors (Lipinski definition) is 7. The summed E-state index contributed by atoms with van der Waals surface area (Å²) < 4.78 is 5.76. The van der Waals surface area contributed by atoms with Gasteiger partial charge < -0.3 is 20.6 Å². The number of aromatic hydroxyl groups is 1. The SMILES string of the molecule is CNc1ncc(-c2nc3c(O)cccc3o2)c2cc(N)ncc12. The van der Waals surface area contributed by atoms with Crippen molar-refractivity contribution in [2.75, 3.05) is 18.1 Å². The van der Waals surface area contributed by atoms with E-state index in [4.69, 9.17) is 10.2 Å². The molecule has 7 heteroatoms. The number of fused-ring (bicyclic) bond motifs is 2. The van der Waals surface area contributed by atoms with Crippen molar-refractivity contribution in [1.82, 2.24) is 15.0 Å². The highest BCUT2D eigenvalue weighted by Gasteiger charge is 2.16. The summed E-state index contributed by atoms with van der Waals surface area (Å²) in [4.78, 5) is 12.9. The molecule has 0 unspecified atom stereocenters. The van der Waals surface area contributed by atoms with E-state index >= 15 is 0 Å². The standard InChI is InChI=1S/C16H13N5O2/c1-18-15-9-6-19-13(17)5-8(9)10(7-20-15)16-21-14-11(22)3-2-4-12(14)23-16/h2-7,22H,1H3,(H2,17,19)(H,18,20). The van der Waals surface area contributed by atoms with E-state index in [0.29, 0.717) is 34.2 Å². The molecule has 114 valence electrons. The van der Waals surface area contributed by atoms with Gasteiger partial charge in [0.1, 0.15) is 17.4 Å². The van der Waals surface area contributed by atoms with E-state index in [1.165, 1.54) is 0 Å². The number of rotatable bonds is 2. The number of para-hydroxylation sites is 1. The molecule has 0 amide bonds. The highest BCUT2D eigenvalue weighted by Crippen LogP contribution is 2.34. The second kappa shape index (κ2) is 4.84. The predicted molar refractivity (Wildman–Crippen MR) is 88.2 cm³/mol. The van der Waals surface area contributed by atoms with Crippen LogP contribution in [0.1, 0.15) is 0 Å². The van der Waals surface area contributed by atoms with Crippen LogP contribution in [-0.2, 0) is 0 Å². The molecule has 4 N–H and O–H groups in total. The number of benzene rings is 1. The van der Waals surface area contributed by atoms with E-state index in [1.807, 2.05) is 0 Å². The number of anilines is 2. The summed E-state index contributed by atoms with van der Waals surface area (Å²) >= 11 is 0. The van der Waals surface area contributed by atoms with Crippen LogP contribution in [0.5, 0.6) is 5.75 Å². The van der Waals surface area contributed by atoms with Crippen molar-refractivity contribution in [3.63, 3.8) is 0 Å². The lowest BCUT2D eigenvalue weighted by atomic mass is 10.1. The Bertz CT molecular complexity index is 1040. The third-order valence-electron chi connectivity index (χ3n) is 3.66. The van der Waals surface area contributed by atoms with Crippen LogP contribution >= 0.6 is 0 Å². The molecule has 0 spiro atoms. The molecule has 0 saturated carbocycles. The van der Waals surface area contributed by atoms with Gasteiger partial charge in [0.05, 0.1) is 5.56 Å². The van der Waals surface area contributed by atoms with Gasteiger partial charge in [-0.1, -0.05) is 6.07 Å². The van der Waals surface area contributed by atoms with Gasteiger partial charge in [0.25, 0.3) is 0 Å². The maximum Gasteiger partial charge on any atom is 0.229 e. The maximum atomic E-state index is 9.89. The van der Waals surface area contributed by atoms with Crippen LogP contribution in [0.2, 0.25) is 0 Å². The highest BCUT2D eigenvalue weighted by atomic mass is 16.3. The van der Waals surface area contributed by atoms with Gasteiger partial charge in [0.2, 0.25) is 5.89 Å². The Kier molecular flexibility index (Phi) is 2.80. The number of nitrogens with two attached hydrogens (primary N) is 1. The summed E-state index contributed by atoms with van der Waals surface area (Å²) in [5, 5.41) is 14.5. The van der Waals surface area contributed by atoms with Gasteiger partial charge in [0.15, 0.2) is 11.1 Å². The van der Waals surface area contributed by atoms with Crippen molar-refractivity contribution in [1.29, 1.82) is 0 Å². The molecule has 0 aliphatic carbocycles. The van der Waals surface area contributed by atoms with E-state index in [0.717, 1.165) is 10.8 Å². The van der Waals surface area contributed by atoms with Gasteiger partial charge in [-0.2, -0.15) is 0 Å². The molecule has 4 aromatic rings. The van der Waals surface area contributed by atoms with Crippen LogP contribution in [0.25, 0.3) is 33.3 Å². The molecule has 0 radical (unpaired) electrons. The minimum atomic E-state index is 0.0720. The molecule has 0 aliphatic heterocycles. The summed E-state index contributed by atoms with van der Waals surface area (Å²) in [6, 6.07) is 6.77. The van der Waals surface area contributed by atoms with Crippen molar-refractivity contribution < 1.29 is 9.52 Å². The summed E-state index contributed by atoms with van der Waals surface area (Å²) in [5.41, 5.74) is 7.42. The number of hydrogen-bond donors (Lipinski definition) is 3. The number of oxazole rings is 1. The second-order valence-electron chi connectivity index (χ2n) is 5.07. The van der Waals surface area contributed by atoms with E-state index in [-0.39, 0.29) is 5.75 Å². The Balaban J connectivity index is 2.04. The predicted octanol–water partition coefficient (Wildman–Crippen LogP) is 2.77. The monoisotopic (exact) mass is 307 g/mol. The van der Waals surface area contributed by atoms with E-state index in [1.54, 1.807) is 43.7 Å². The van der Waals surface area contributed by atoms with Gasteiger partial charge in [-0.15, -0.1) is 0 Å². The molecular weight excluding hydrogens is 294 g/mol. The Morgan fingerprint density at radius 1 is 1.17 bits per heavy atom. The van der Waals surface area contributed by atoms with Crippen LogP contribution in [-0.4, -0.2) is 27.1 Å². The third kappa shape index (κ3) is 2.02. The molecular formula is C16H13N5O2. The molecule has 4 rings (SSSR count). The molecule has 0 fully saturated rings. The fraction of sp³-hybridized carbons (Fsp3) is 0.0625. The highest BCUT2D eigenvalue weighted by molar-refractivity contribution is 6.01. The van der Waals surface area contributed by atoms with E-state index in [2.05, 4.69) is 20.3 Å². The molecule has 3 aromatic heterocycles. The molecule has 3 heterocycles. The zero-order chi connectivity index (χ0) is 16.0. The average molecular weight is 307 g/mol. The Morgan fingerprint density at radius 2 is 2.04 bits per heavy atom. The first kappa shape index (κ1) is 13.3. The van der Waals surface area contributed by atoms with Crippen molar-refractivity contribution >= 4 is 33.5 Å². The summed E-state index contributed by atoms with van der Waals surface area (Å²) in [5.74, 6) is 1.52. The lowest BCUT2D eigenvalue weighted by molar-refractivity contribution is 0.480. The van der Waals surface area contributed by atoms with Crippen LogP contribution < -0.4 is 11.1 Å². The fourth-order valence-corrected chi connectivity index (χ4v) is 2.57. The largest absolute Gasteiger partial charge is 0.506 e. The van der Waals surface area contributed by atoms with Gasteiger partial charge in [-0.3, -0.25) is 0 Å². The Morgan fingerprint density at radius 3 is 2.83 bits per heavy atom. The summed E-state index contributed by atoms with van der Waals surface area (Å²) in [7, 11) is 1.79. The number of nitrogen functional groups attached to an aromatic ring is 1. The maximum absolute atomic E-state index is 9.89. The molecule has 23 heavy (non-hydrogen) atoms. The van der Waals surface area contributed by atoms with Gasteiger partial charge >= 0.3 is 0 Å². The molecule has 7 nitrogen and oxygen atoms in total. The lowest BCUT2D eigenvalue weighted by Crippen LogP contribution is -1.97. The van der Waals surface area contributed by atoms with Gasteiger partial charge in [-0.25, -0.2) is 15.0 Å². The number of aromatic nitrogens is 3. The number of phenols is 1. The smallest absolute Gasteiger partial charge is 0.229 e. The minimum absolute atomic E-state index is 0.0720.